The van der Waals surface area contributed by atoms with Gasteiger partial charge in [-0.3, -0.25) is 24.1 Å². The number of imide groups is 1. The topological polar surface area (TPSA) is 86.8 Å². The lowest BCUT2D eigenvalue weighted by atomic mass is 10.2. The van der Waals surface area contributed by atoms with Crippen LogP contribution >= 0.6 is 0 Å². The molecule has 0 aliphatic carbocycles. The summed E-state index contributed by atoms with van der Waals surface area (Å²) in [6.07, 6.45) is 2.85. The third-order valence-corrected chi connectivity index (χ3v) is 4.52. The van der Waals surface area contributed by atoms with Crippen molar-refractivity contribution in [3.05, 3.63) is 29.8 Å². The van der Waals surface area contributed by atoms with E-state index < -0.39 is 0 Å². The molecule has 7 heteroatoms. The highest BCUT2D eigenvalue weighted by Crippen LogP contribution is 2.22. The fourth-order valence-electron chi connectivity index (χ4n) is 3.14. The third-order valence-electron chi connectivity index (χ3n) is 4.52. The summed E-state index contributed by atoms with van der Waals surface area (Å²) in [5, 5.41) is 2.73. The number of carbonyl (C=O) groups excluding carboxylic acids is 4. The molecule has 3 rings (SSSR count). The Hall–Kier alpha value is -2.70. The van der Waals surface area contributed by atoms with Crippen molar-refractivity contribution in [1.82, 2.24) is 10.2 Å². The van der Waals surface area contributed by atoms with E-state index >= 15 is 0 Å². The lowest BCUT2D eigenvalue weighted by Gasteiger charge is -2.15. The molecule has 0 unspecified atom stereocenters. The summed E-state index contributed by atoms with van der Waals surface area (Å²) in [5.41, 5.74) is 0.907. The Kier molecular flexibility index (Phi) is 5.11. The molecule has 1 aromatic rings. The number of likely N-dealkylation sites (tertiary alicyclic amines) is 1. The van der Waals surface area contributed by atoms with Crippen LogP contribution in [-0.4, -0.2) is 48.2 Å². The van der Waals surface area contributed by atoms with Gasteiger partial charge in [0.25, 0.3) is 5.91 Å². The molecule has 0 saturated carbocycles. The van der Waals surface area contributed by atoms with Crippen molar-refractivity contribution in [2.45, 2.75) is 32.1 Å². The monoisotopic (exact) mass is 343 g/mol. The highest BCUT2D eigenvalue weighted by atomic mass is 16.2. The van der Waals surface area contributed by atoms with E-state index in [1.54, 1.807) is 24.3 Å². The number of rotatable bonds is 5. The number of carbonyl (C=O) groups is 4. The van der Waals surface area contributed by atoms with Gasteiger partial charge in [-0.1, -0.05) is 0 Å². The van der Waals surface area contributed by atoms with Gasteiger partial charge in [-0.15, -0.1) is 0 Å². The van der Waals surface area contributed by atoms with Crippen molar-refractivity contribution < 1.29 is 19.2 Å². The van der Waals surface area contributed by atoms with Crippen molar-refractivity contribution in [2.24, 2.45) is 0 Å². The summed E-state index contributed by atoms with van der Waals surface area (Å²) in [7, 11) is 0. The van der Waals surface area contributed by atoms with Gasteiger partial charge in [0.05, 0.1) is 5.69 Å². The molecule has 4 amide bonds. The molecular weight excluding hydrogens is 322 g/mol. The number of nitrogens with one attached hydrogen (secondary N) is 1. The molecule has 132 valence electrons. The van der Waals surface area contributed by atoms with Crippen molar-refractivity contribution >= 4 is 29.3 Å². The molecule has 1 aromatic carbocycles. The van der Waals surface area contributed by atoms with Crippen LogP contribution in [0.25, 0.3) is 0 Å². The summed E-state index contributed by atoms with van der Waals surface area (Å²) in [5.74, 6) is -0.649. The van der Waals surface area contributed by atoms with Crippen molar-refractivity contribution in [1.29, 1.82) is 0 Å². The molecule has 0 radical (unpaired) electrons. The summed E-state index contributed by atoms with van der Waals surface area (Å²) in [4.78, 5) is 50.4. The molecule has 7 nitrogen and oxygen atoms in total. The minimum atomic E-state index is -0.278. The van der Waals surface area contributed by atoms with E-state index in [2.05, 4.69) is 5.32 Å². The maximum absolute atomic E-state index is 12.1. The normalized spacial score (nSPS) is 17.3. The maximum Gasteiger partial charge on any atom is 0.251 e. The number of anilines is 1. The molecule has 2 heterocycles. The highest BCUT2D eigenvalue weighted by Gasteiger charge is 2.30. The second-order valence-electron chi connectivity index (χ2n) is 6.26. The van der Waals surface area contributed by atoms with Gasteiger partial charge in [0.2, 0.25) is 17.7 Å². The van der Waals surface area contributed by atoms with Crippen LogP contribution in [0.5, 0.6) is 0 Å². The minimum Gasteiger partial charge on any atom is -0.352 e. The van der Waals surface area contributed by atoms with Crippen LogP contribution in [-0.2, 0) is 14.4 Å². The largest absolute Gasteiger partial charge is 0.352 e. The van der Waals surface area contributed by atoms with E-state index in [0.29, 0.717) is 24.2 Å². The molecule has 0 bridgehead atoms. The molecule has 2 aliphatic rings. The molecule has 2 aliphatic heterocycles. The fourth-order valence-corrected chi connectivity index (χ4v) is 3.14. The first-order valence-electron chi connectivity index (χ1n) is 8.58. The zero-order chi connectivity index (χ0) is 17.8. The first-order valence-corrected chi connectivity index (χ1v) is 8.58. The Morgan fingerprint density at radius 3 is 2.16 bits per heavy atom. The molecule has 0 aromatic heterocycles. The van der Waals surface area contributed by atoms with Crippen molar-refractivity contribution in [2.75, 3.05) is 24.5 Å². The number of benzene rings is 1. The van der Waals surface area contributed by atoms with Gasteiger partial charge in [-0.2, -0.15) is 0 Å². The number of amides is 4. The van der Waals surface area contributed by atoms with Crippen LogP contribution in [0.1, 0.15) is 42.5 Å². The van der Waals surface area contributed by atoms with E-state index in [9.17, 15) is 19.2 Å². The summed E-state index contributed by atoms with van der Waals surface area (Å²) >= 11 is 0. The average molecular weight is 343 g/mol. The fraction of sp³-hybridized carbons (Fsp3) is 0.444. The zero-order valence-corrected chi connectivity index (χ0v) is 14.0. The zero-order valence-electron chi connectivity index (χ0n) is 14.0. The molecule has 2 saturated heterocycles. The first kappa shape index (κ1) is 17.1. The van der Waals surface area contributed by atoms with Gasteiger partial charge in [0, 0.05) is 44.5 Å². The van der Waals surface area contributed by atoms with Crippen molar-refractivity contribution in [3.8, 4) is 0 Å². The third kappa shape index (κ3) is 3.87. The van der Waals surface area contributed by atoms with Crippen molar-refractivity contribution in [3.63, 3.8) is 0 Å². The second kappa shape index (κ2) is 7.46. The average Bonchev–Trinajstić information content (AvgIpc) is 3.25. The highest BCUT2D eigenvalue weighted by molar-refractivity contribution is 6.19. The number of hydrogen-bond donors (Lipinski definition) is 1. The predicted octanol–water partition coefficient (Wildman–Crippen LogP) is 1.08. The van der Waals surface area contributed by atoms with E-state index in [0.717, 1.165) is 30.8 Å². The van der Waals surface area contributed by atoms with Crippen LogP contribution in [0.4, 0.5) is 5.69 Å². The SMILES string of the molecule is O=C(NCCC(=O)N1CCCC1)c1ccc(N2C(=O)CCC2=O)cc1. The van der Waals surface area contributed by atoms with E-state index in [1.165, 1.54) is 0 Å². The lowest BCUT2D eigenvalue weighted by Crippen LogP contribution is -2.32. The van der Waals surface area contributed by atoms with E-state index in [4.69, 9.17) is 0 Å². The van der Waals surface area contributed by atoms with Gasteiger partial charge in [0.1, 0.15) is 0 Å². The van der Waals surface area contributed by atoms with Crippen LogP contribution < -0.4 is 10.2 Å². The Morgan fingerprint density at radius 2 is 1.56 bits per heavy atom. The number of nitrogens with zero attached hydrogens (tertiary/aromatic N) is 2. The minimum absolute atomic E-state index is 0.0687. The predicted molar refractivity (Wildman–Crippen MR) is 90.9 cm³/mol. The van der Waals surface area contributed by atoms with Gasteiger partial charge < -0.3 is 10.2 Å². The Bertz CT molecular complexity index is 677. The summed E-state index contributed by atoms with van der Waals surface area (Å²) in [6.45, 7) is 1.91. The van der Waals surface area contributed by atoms with E-state index in [1.807, 2.05) is 4.90 Å². The number of hydrogen-bond acceptors (Lipinski definition) is 4. The van der Waals surface area contributed by atoms with Gasteiger partial charge in [0.15, 0.2) is 0 Å². The lowest BCUT2D eigenvalue weighted by molar-refractivity contribution is -0.130. The van der Waals surface area contributed by atoms with Gasteiger partial charge in [-0.25, -0.2) is 0 Å². The molecule has 25 heavy (non-hydrogen) atoms. The van der Waals surface area contributed by atoms with E-state index in [-0.39, 0.29) is 36.5 Å². The molecular formula is C18H21N3O4. The van der Waals surface area contributed by atoms with Crippen LogP contribution in [0.2, 0.25) is 0 Å². The Balaban J connectivity index is 1.51. The van der Waals surface area contributed by atoms with Gasteiger partial charge >= 0.3 is 0 Å². The molecule has 2 fully saturated rings. The van der Waals surface area contributed by atoms with Crippen LogP contribution in [0.15, 0.2) is 24.3 Å². The smallest absolute Gasteiger partial charge is 0.251 e. The quantitative estimate of drug-likeness (QED) is 0.811. The Morgan fingerprint density at radius 1 is 0.960 bits per heavy atom. The van der Waals surface area contributed by atoms with Gasteiger partial charge in [-0.05, 0) is 37.1 Å². The summed E-state index contributed by atoms with van der Waals surface area (Å²) in [6, 6.07) is 6.33. The molecule has 0 atom stereocenters. The summed E-state index contributed by atoms with van der Waals surface area (Å²) < 4.78 is 0. The van der Waals surface area contributed by atoms with Crippen LogP contribution in [0, 0.1) is 0 Å². The van der Waals surface area contributed by atoms with Crippen LogP contribution in [0.3, 0.4) is 0 Å². The first-order chi connectivity index (χ1) is 12.1. The Labute approximate surface area is 146 Å². The molecule has 1 N–H and O–H groups in total. The standard InChI is InChI=1S/C18H21N3O4/c22-15(20-11-1-2-12-20)9-10-19-18(25)13-3-5-14(6-4-13)21-16(23)7-8-17(21)24/h3-6H,1-2,7-12H2,(H,19,25). The second-order valence-corrected chi connectivity index (χ2v) is 6.26. The molecule has 0 spiro atoms. The maximum atomic E-state index is 12.1.